The molecule has 0 spiro atoms. The molecular weight excluding hydrogens is 256 g/mol. The fourth-order valence-electron chi connectivity index (χ4n) is 1.55. The normalized spacial score (nSPS) is 10.1. The molecule has 0 fully saturated rings. The van der Waals surface area contributed by atoms with Crippen LogP contribution < -0.4 is 10.1 Å². The number of anilines is 1. The number of benzene rings is 1. The maximum absolute atomic E-state index is 12.0. The third-order valence-electron chi connectivity index (χ3n) is 2.46. The second-order valence-corrected chi connectivity index (χ2v) is 4.53. The molecule has 2 rings (SSSR count). The van der Waals surface area contributed by atoms with E-state index in [9.17, 15) is 4.79 Å². The largest absolute Gasteiger partial charge is 0.487 e. The van der Waals surface area contributed by atoms with Crippen molar-refractivity contribution in [2.24, 2.45) is 0 Å². The molecule has 0 aliphatic carbocycles. The first-order chi connectivity index (χ1) is 9.56. The van der Waals surface area contributed by atoms with Gasteiger partial charge in [0.15, 0.2) is 0 Å². The summed E-state index contributed by atoms with van der Waals surface area (Å²) in [5.74, 6) is 0.384. The lowest BCUT2D eigenvalue weighted by atomic mass is 10.2. The molecule has 1 aromatic carbocycles. The number of nitrogens with zero attached hydrogens (tertiary/aromatic N) is 1. The van der Waals surface area contributed by atoms with Crippen molar-refractivity contribution in [3.63, 3.8) is 0 Å². The lowest BCUT2D eigenvalue weighted by Crippen LogP contribution is -2.12. The number of amides is 1. The molecule has 0 radical (unpaired) electrons. The molecule has 5 heteroatoms. The summed E-state index contributed by atoms with van der Waals surface area (Å²) >= 11 is 0. The van der Waals surface area contributed by atoms with Crippen molar-refractivity contribution in [3.8, 4) is 5.75 Å². The predicted octanol–water partition coefficient (Wildman–Crippen LogP) is 3.19. The summed E-state index contributed by atoms with van der Waals surface area (Å²) in [6.07, 6.45) is 0. The monoisotopic (exact) mass is 272 g/mol. The molecule has 0 bridgehead atoms. The molecule has 104 valence electrons. The van der Waals surface area contributed by atoms with Crippen molar-refractivity contribution < 1.29 is 14.1 Å². The number of carbonyl (C=O) groups is 1. The van der Waals surface area contributed by atoms with Gasteiger partial charge in [0.2, 0.25) is 5.76 Å². The number of ether oxygens (including phenoxy) is 1. The Bertz CT molecular complexity index is 632. The quantitative estimate of drug-likeness (QED) is 0.849. The van der Waals surface area contributed by atoms with Gasteiger partial charge in [0.1, 0.15) is 12.4 Å². The molecule has 0 atom stereocenters. The number of rotatable bonds is 5. The highest BCUT2D eigenvalue weighted by atomic mass is 16.5. The van der Waals surface area contributed by atoms with Crippen LogP contribution in [0.5, 0.6) is 5.75 Å². The highest BCUT2D eigenvalue weighted by Crippen LogP contribution is 2.24. The van der Waals surface area contributed by atoms with Crippen LogP contribution in [0.15, 0.2) is 47.0 Å². The van der Waals surface area contributed by atoms with Crippen molar-refractivity contribution in [2.45, 2.75) is 13.8 Å². The molecule has 5 nitrogen and oxygen atoms in total. The SMILES string of the molecule is C=C(C)COc1ccccc1NC(=O)c1cc(C)no1. The summed E-state index contributed by atoms with van der Waals surface area (Å²) < 4.78 is 10.5. The first-order valence-electron chi connectivity index (χ1n) is 6.17. The predicted molar refractivity (Wildman–Crippen MR) is 75.9 cm³/mol. The second-order valence-electron chi connectivity index (χ2n) is 4.53. The van der Waals surface area contributed by atoms with Crippen molar-refractivity contribution in [2.75, 3.05) is 11.9 Å². The molecular formula is C15H16N2O3. The van der Waals surface area contributed by atoms with Crippen molar-refractivity contribution in [1.82, 2.24) is 5.16 Å². The van der Waals surface area contributed by atoms with Crippen LogP contribution in [0.2, 0.25) is 0 Å². The van der Waals surface area contributed by atoms with Gasteiger partial charge in [0.25, 0.3) is 5.91 Å². The third kappa shape index (κ3) is 3.47. The molecule has 1 N–H and O–H groups in total. The first kappa shape index (κ1) is 13.9. The molecule has 1 amide bonds. The Morgan fingerprint density at radius 3 is 2.85 bits per heavy atom. The minimum absolute atomic E-state index is 0.164. The zero-order valence-electron chi connectivity index (χ0n) is 11.5. The molecule has 2 aromatic rings. The van der Waals surface area contributed by atoms with Crippen LogP contribution in [-0.4, -0.2) is 17.7 Å². The summed E-state index contributed by atoms with van der Waals surface area (Å²) in [4.78, 5) is 12.0. The van der Waals surface area contributed by atoms with E-state index in [0.29, 0.717) is 23.7 Å². The van der Waals surface area contributed by atoms with Crippen LogP contribution in [-0.2, 0) is 0 Å². The lowest BCUT2D eigenvalue weighted by molar-refractivity contribution is 0.0987. The lowest BCUT2D eigenvalue weighted by Gasteiger charge is -2.11. The molecule has 20 heavy (non-hydrogen) atoms. The van der Waals surface area contributed by atoms with Gasteiger partial charge in [-0.2, -0.15) is 0 Å². The molecule has 1 aromatic heterocycles. The summed E-state index contributed by atoms with van der Waals surface area (Å²) in [7, 11) is 0. The van der Waals surface area contributed by atoms with E-state index in [4.69, 9.17) is 9.26 Å². The zero-order chi connectivity index (χ0) is 14.5. The van der Waals surface area contributed by atoms with Gasteiger partial charge in [0, 0.05) is 6.07 Å². The minimum atomic E-state index is -0.364. The molecule has 0 unspecified atom stereocenters. The van der Waals surface area contributed by atoms with Crippen LogP contribution in [0, 0.1) is 6.92 Å². The third-order valence-corrected chi connectivity index (χ3v) is 2.46. The summed E-state index contributed by atoms with van der Waals surface area (Å²) in [5.41, 5.74) is 2.13. The van der Waals surface area contributed by atoms with Crippen LogP contribution in [0.4, 0.5) is 5.69 Å². The number of aryl methyl sites for hydroxylation is 1. The smallest absolute Gasteiger partial charge is 0.294 e. The number of carbonyl (C=O) groups excluding carboxylic acids is 1. The van der Waals surface area contributed by atoms with E-state index in [0.717, 1.165) is 5.57 Å². The second kappa shape index (κ2) is 6.06. The topological polar surface area (TPSA) is 64.4 Å². The molecule has 0 saturated carbocycles. The zero-order valence-corrected chi connectivity index (χ0v) is 11.5. The summed E-state index contributed by atoms with van der Waals surface area (Å²) in [6, 6.07) is 8.77. The van der Waals surface area contributed by atoms with E-state index in [-0.39, 0.29) is 11.7 Å². The van der Waals surface area contributed by atoms with Gasteiger partial charge in [-0.1, -0.05) is 23.9 Å². The molecule has 0 saturated heterocycles. The number of aromatic nitrogens is 1. The van der Waals surface area contributed by atoms with Crippen molar-refractivity contribution in [1.29, 1.82) is 0 Å². The first-order valence-corrected chi connectivity index (χ1v) is 6.17. The van der Waals surface area contributed by atoms with E-state index in [1.165, 1.54) is 0 Å². The van der Waals surface area contributed by atoms with E-state index in [2.05, 4.69) is 17.1 Å². The van der Waals surface area contributed by atoms with E-state index in [1.54, 1.807) is 25.1 Å². The van der Waals surface area contributed by atoms with E-state index < -0.39 is 0 Å². The molecule has 0 aliphatic heterocycles. The Morgan fingerprint density at radius 1 is 1.45 bits per heavy atom. The Morgan fingerprint density at radius 2 is 2.20 bits per heavy atom. The average Bonchev–Trinajstić information content (AvgIpc) is 2.84. The van der Waals surface area contributed by atoms with Crippen molar-refractivity contribution >= 4 is 11.6 Å². The van der Waals surface area contributed by atoms with Gasteiger partial charge in [-0.05, 0) is 31.6 Å². The minimum Gasteiger partial charge on any atom is -0.487 e. The fraction of sp³-hybridized carbons (Fsp3) is 0.200. The van der Waals surface area contributed by atoms with Crippen LogP contribution in [0.3, 0.4) is 0 Å². The number of hydrogen-bond donors (Lipinski definition) is 1. The Balaban J connectivity index is 2.12. The molecule has 1 heterocycles. The highest BCUT2D eigenvalue weighted by Gasteiger charge is 2.14. The van der Waals surface area contributed by atoms with E-state index >= 15 is 0 Å². The van der Waals surface area contributed by atoms with Crippen LogP contribution in [0.25, 0.3) is 0 Å². The van der Waals surface area contributed by atoms with E-state index in [1.807, 2.05) is 19.1 Å². The van der Waals surface area contributed by atoms with Crippen molar-refractivity contribution in [3.05, 3.63) is 53.9 Å². The van der Waals surface area contributed by atoms with Gasteiger partial charge < -0.3 is 14.6 Å². The Kier molecular flexibility index (Phi) is 4.20. The Labute approximate surface area is 117 Å². The van der Waals surface area contributed by atoms with Crippen LogP contribution >= 0.6 is 0 Å². The number of nitrogens with one attached hydrogen (secondary N) is 1. The van der Waals surface area contributed by atoms with Gasteiger partial charge in [-0.15, -0.1) is 0 Å². The summed E-state index contributed by atoms with van der Waals surface area (Å²) in [5, 5.41) is 6.42. The highest BCUT2D eigenvalue weighted by molar-refractivity contribution is 6.03. The number of para-hydroxylation sites is 2. The summed E-state index contributed by atoms with van der Waals surface area (Å²) in [6.45, 7) is 7.80. The fourth-order valence-corrected chi connectivity index (χ4v) is 1.55. The van der Waals surface area contributed by atoms with Gasteiger partial charge in [0.05, 0.1) is 11.4 Å². The van der Waals surface area contributed by atoms with Gasteiger partial charge >= 0.3 is 0 Å². The van der Waals surface area contributed by atoms with Crippen LogP contribution in [0.1, 0.15) is 23.2 Å². The Hall–Kier alpha value is -2.56. The maximum Gasteiger partial charge on any atom is 0.294 e. The number of hydrogen-bond acceptors (Lipinski definition) is 4. The maximum atomic E-state index is 12.0. The standard InChI is InChI=1S/C15H16N2O3/c1-10(2)9-19-13-7-5-4-6-12(13)16-15(18)14-8-11(3)17-20-14/h4-8H,1,9H2,2-3H3,(H,16,18). The average molecular weight is 272 g/mol. The van der Waals surface area contributed by atoms with Gasteiger partial charge in [-0.3, -0.25) is 4.79 Å². The molecule has 0 aliphatic rings. The van der Waals surface area contributed by atoms with Gasteiger partial charge in [-0.25, -0.2) is 0 Å².